The monoisotopic (exact) mass is 1110 g/mol. The van der Waals surface area contributed by atoms with Gasteiger partial charge in [-0.15, -0.1) is 0 Å². The van der Waals surface area contributed by atoms with Gasteiger partial charge in [0.2, 0.25) is 0 Å². The smallest absolute Gasteiger partial charge is 0.335 e. The van der Waals surface area contributed by atoms with Gasteiger partial charge in [-0.1, -0.05) is 256 Å². The Bertz CT molecular complexity index is 1560. The second-order valence-electron chi connectivity index (χ2n) is 22.4. The maximum atomic E-state index is 13.2. The minimum Gasteiger partial charge on any atom is -0.479 e. The van der Waals surface area contributed by atoms with E-state index in [-0.39, 0.29) is 25.9 Å². The van der Waals surface area contributed by atoms with Crippen LogP contribution < -0.4 is 0 Å². The molecule has 0 spiro atoms. The highest BCUT2D eigenvalue weighted by Gasteiger charge is 2.50. The van der Waals surface area contributed by atoms with Gasteiger partial charge in [-0.25, -0.2) is 4.79 Å². The van der Waals surface area contributed by atoms with E-state index in [2.05, 4.69) is 69.4 Å². The summed E-state index contributed by atoms with van der Waals surface area (Å²) in [5.74, 6) is -3.12. The molecule has 6 atom stereocenters. The van der Waals surface area contributed by atoms with E-state index >= 15 is 0 Å². The molecule has 1 saturated heterocycles. The molecule has 12 heteroatoms. The van der Waals surface area contributed by atoms with Crippen LogP contribution in [0.2, 0.25) is 0 Å². The molecule has 0 aliphatic carbocycles. The van der Waals surface area contributed by atoms with E-state index in [1.165, 1.54) is 148 Å². The Balaban J connectivity index is 2.65. The fourth-order valence-electron chi connectivity index (χ4n) is 9.91. The van der Waals surface area contributed by atoms with Crippen molar-refractivity contribution in [1.29, 1.82) is 0 Å². The summed E-state index contributed by atoms with van der Waals surface area (Å²) in [6.45, 7) is 5.90. The predicted molar refractivity (Wildman–Crippen MR) is 322 cm³/mol. The molecule has 0 aromatic rings. The first-order valence-electron chi connectivity index (χ1n) is 32.6. The normalized spacial score (nSPS) is 18.1. The number of hydrogen-bond acceptors (Lipinski definition) is 11. The molecule has 79 heavy (non-hydrogen) atoms. The van der Waals surface area contributed by atoms with E-state index in [4.69, 9.17) is 23.7 Å². The first kappa shape index (κ1) is 73.7. The van der Waals surface area contributed by atoms with Crippen LogP contribution in [-0.4, -0.2) is 89.2 Å². The van der Waals surface area contributed by atoms with Crippen LogP contribution >= 0.6 is 0 Å². The van der Waals surface area contributed by atoms with Gasteiger partial charge in [0.25, 0.3) is 0 Å². The van der Waals surface area contributed by atoms with Gasteiger partial charge in [0.05, 0.1) is 6.61 Å². The van der Waals surface area contributed by atoms with Crippen LogP contribution in [0.25, 0.3) is 0 Å². The molecule has 12 nitrogen and oxygen atoms in total. The molecule has 1 rings (SSSR count). The van der Waals surface area contributed by atoms with Gasteiger partial charge >= 0.3 is 23.9 Å². The lowest BCUT2D eigenvalue weighted by Crippen LogP contribution is -2.61. The second kappa shape index (κ2) is 55.2. The van der Waals surface area contributed by atoms with E-state index in [0.717, 1.165) is 96.3 Å². The van der Waals surface area contributed by atoms with Crippen LogP contribution in [0, 0.1) is 0 Å². The Morgan fingerprint density at radius 1 is 0.430 bits per heavy atom. The molecule has 0 aromatic carbocycles. The Morgan fingerprint density at radius 2 is 0.797 bits per heavy atom. The van der Waals surface area contributed by atoms with Crippen molar-refractivity contribution in [1.82, 2.24) is 0 Å². The second-order valence-corrected chi connectivity index (χ2v) is 22.4. The number of carbonyl (C=O) groups excluding carboxylic acids is 3. The van der Waals surface area contributed by atoms with Crippen LogP contribution in [0.1, 0.15) is 303 Å². The number of allylic oxidation sites excluding steroid dienone is 8. The van der Waals surface area contributed by atoms with Crippen molar-refractivity contribution >= 4 is 23.9 Å². The van der Waals surface area contributed by atoms with Crippen LogP contribution in [0.4, 0.5) is 0 Å². The number of unbranched alkanes of at least 4 members (excludes halogenated alkanes) is 34. The third kappa shape index (κ3) is 45.0. The van der Waals surface area contributed by atoms with Gasteiger partial charge in [0, 0.05) is 19.3 Å². The fraction of sp³-hybridized carbons (Fsp3) is 0.821. The summed E-state index contributed by atoms with van der Waals surface area (Å²) in [5, 5.41) is 31.6. The number of rotatable bonds is 56. The number of aliphatic hydroxyl groups excluding tert-OH is 2. The molecule has 0 radical (unpaired) electrons. The van der Waals surface area contributed by atoms with E-state index in [1.807, 2.05) is 0 Å². The Labute approximate surface area is 482 Å². The zero-order valence-electron chi connectivity index (χ0n) is 50.6. The van der Waals surface area contributed by atoms with E-state index < -0.39 is 67.3 Å². The van der Waals surface area contributed by atoms with Crippen molar-refractivity contribution in [2.45, 2.75) is 340 Å². The standard InChI is InChI=1S/C67H118O12/c1-4-7-10-13-16-19-22-25-28-29-30-31-34-35-38-41-44-47-50-53-59(68)75-56-58(77-60(69)54-51-48-45-42-39-36-32-26-23-20-17-14-11-8-5-2)57-76-67-65(63(72)62(71)64(79-67)66(73)74)78-61(70)55-52-49-46-43-40-37-33-27-24-21-18-15-12-9-6-3/h8,11,17,20,25-26,28,32,58,62-65,67,71-72H,4-7,9-10,12-16,18-19,21-24,27,29-31,33-57H2,1-3H3,(H,73,74)/b11-8-,20-17-,28-25-,32-26-. The lowest BCUT2D eigenvalue weighted by atomic mass is 9.98. The van der Waals surface area contributed by atoms with Gasteiger partial charge in [-0.2, -0.15) is 0 Å². The summed E-state index contributed by atoms with van der Waals surface area (Å²) in [7, 11) is 0. The molecule has 0 amide bonds. The molecule has 6 unspecified atom stereocenters. The maximum absolute atomic E-state index is 13.2. The van der Waals surface area contributed by atoms with Crippen molar-refractivity contribution < 1.29 is 58.2 Å². The molecular weight excluding hydrogens is 997 g/mol. The zero-order valence-corrected chi connectivity index (χ0v) is 50.6. The molecule has 1 fully saturated rings. The highest BCUT2D eigenvalue weighted by Crippen LogP contribution is 2.27. The predicted octanol–water partition coefficient (Wildman–Crippen LogP) is 17.3. The van der Waals surface area contributed by atoms with Gasteiger partial charge < -0.3 is 39.0 Å². The van der Waals surface area contributed by atoms with Crippen LogP contribution in [-0.2, 0) is 42.9 Å². The van der Waals surface area contributed by atoms with Gasteiger partial charge in [-0.05, 0) is 77.0 Å². The Hall–Kier alpha value is -3.32. The average molecular weight is 1120 g/mol. The lowest BCUT2D eigenvalue weighted by molar-refractivity contribution is -0.301. The van der Waals surface area contributed by atoms with E-state index in [1.54, 1.807) is 0 Å². The lowest BCUT2D eigenvalue weighted by Gasteiger charge is -2.40. The van der Waals surface area contributed by atoms with Crippen molar-refractivity contribution in [2.24, 2.45) is 0 Å². The molecule has 1 aliphatic heterocycles. The quantitative estimate of drug-likeness (QED) is 0.0228. The molecule has 0 bridgehead atoms. The third-order valence-corrected chi connectivity index (χ3v) is 14.9. The highest BCUT2D eigenvalue weighted by atomic mass is 16.7. The number of aliphatic hydroxyl groups is 2. The molecular formula is C67H118O12. The molecule has 0 aromatic heterocycles. The minimum atomic E-state index is -1.90. The topological polar surface area (TPSA) is 175 Å². The summed E-state index contributed by atoms with van der Waals surface area (Å²) in [5.41, 5.74) is 0. The Morgan fingerprint density at radius 3 is 1.23 bits per heavy atom. The van der Waals surface area contributed by atoms with Gasteiger partial charge in [0.1, 0.15) is 18.8 Å². The molecule has 1 heterocycles. The number of carbonyl (C=O) groups is 4. The summed E-state index contributed by atoms with van der Waals surface area (Å²) >= 11 is 0. The van der Waals surface area contributed by atoms with Crippen molar-refractivity contribution in [3.8, 4) is 0 Å². The number of hydrogen-bond donors (Lipinski definition) is 3. The SMILES string of the molecule is CC/C=C\C/C=C\C/C=C\CCCCCCCC(=O)OC(COC(=O)CCCCCCCCCCC/C=C\CCCCCCCC)COC1OC(C(=O)O)C(O)C(O)C1OC(=O)CCCCCCCCCCCCCCCCC. The number of carboxylic acids is 1. The number of carboxylic acid groups (broad SMARTS) is 1. The molecule has 0 saturated carbocycles. The highest BCUT2D eigenvalue weighted by molar-refractivity contribution is 5.74. The van der Waals surface area contributed by atoms with Gasteiger partial charge in [-0.3, -0.25) is 14.4 Å². The largest absolute Gasteiger partial charge is 0.479 e. The average Bonchev–Trinajstić information content (AvgIpc) is 3.46. The Kier molecular flexibility index (Phi) is 51.5. The summed E-state index contributed by atoms with van der Waals surface area (Å²) in [6, 6.07) is 0. The van der Waals surface area contributed by atoms with Crippen molar-refractivity contribution in [3.63, 3.8) is 0 Å². The van der Waals surface area contributed by atoms with Crippen molar-refractivity contribution in [3.05, 3.63) is 48.6 Å². The minimum absolute atomic E-state index is 0.0625. The number of aliphatic carboxylic acids is 1. The number of ether oxygens (including phenoxy) is 5. The van der Waals surface area contributed by atoms with Crippen molar-refractivity contribution in [2.75, 3.05) is 13.2 Å². The zero-order chi connectivity index (χ0) is 57.5. The third-order valence-electron chi connectivity index (χ3n) is 14.9. The maximum Gasteiger partial charge on any atom is 0.335 e. The summed E-state index contributed by atoms with van der Waals surface area (Å²) in [6.07, 6.45) is 55.0. The van der Waals surface area contributed by atoms with Gasteiger partial charge in [0.15, 0.2) is 24.6 Å². The fourth-order valence-corrected chi connectivity index (χ4v) is 9.91. The molecule has 458 valence electrons. The molecule has 3 N–H and O–H groups in total. The van der Waals surface area contributed by atoms with E-state index in [0.29, 0.717) is 19.3 Å². The van der Waals surface area contributed by atoms with Crippen LogP contribution in [0.5, 0.6) is 0 Å². The summed E-state index contributed by atoms with van der Waals surface area (Å²) < 4.78 is 28.5. The first-order valence-corrected chi connectivity index (χ1v) is 32.6. The van der Waals surface area contributed by atoms with Crippen LogP contribution in [0.3, 0.4) is 0 Å². The molecule has 1 aliphatic rings. The van der Waals surface area contributed by atoms with E-state index in [9.17, 15) is 34.5 Å². The van der Waals surface area contributed by atoms with Crippen LogP contribution in [0.15, 0.2) is 48.6 Å². The first-order chi connectivity index (χ1) is 38.6. The number of esters is 3. The summed E-state index contributed by atoms with van der Waals surface area (Å²) in [4.78, 5) is 51.3.